The SMILES string of the molecule is CC[C@@H](NC(=O)c1cc(=O)[nH]c(C2CC2)n1)c1ccc(O)cc1. The van der Waals surface area contributed by atoms with E-state index in [2.05, 4.69) is 15.3 Å². The molecule has 120 valence electrons. The number of nitrogens with one attached hydrogen (secondary N) is 2. The molecular weight excluding hydrogens is 294 g/mol. The van der Waals surface area contributed by atoms with E-state index in [1.807, 2.05) is 6.92 Å². The molecule has 0 spiro atoms. The molecule has 1 aliphatic carbocycles. The van der Waals surface area contributed by atoms with Crippen molar-refractivity contribution in [2.75, 3.05) is 0 Å². The second-order valence-electron chi connectivity index (χ2n) is 5.82. The van der Waals surface area contributed by atoms with Crippen LogP contribution in [-0.4, -0.2) is 21.0 Å². The molecule has 6 heteroatoms. The van der Waals surface area contributed by atoms with Crippen LogP contribution in [-0.2, 0) is 0 Å². The number of amides is 1. The van der Waals surface area contributed by atoms with Crippen LogP contribution in [0.1, 0.15) is 60.0 Å². The van der Waals surface area contributed by atoms with Crippen molar-refractivity contribution in [2.24, 2.45) is 0 Å². The number of rotatable bonds is 5. The van der Waals surface area contributed by atoms with E-state index in [0.29, 0.717) is 12.2 Å². The van der Waals surface area contributed by atoms with E-state index < -0.39 is 0 Å². The van der Waals surface area contributed by atoms with Crippen LogP contribution < -0.4 is 10.9 Å². The quantitative estimate of drug-likeness (QED) is 0.789. The van der Waals surface area contributed by atoms with Crippen molar-refractivity contribution >= 4 is 5.91 Å². The van der Waals surface area contributed by atoms with Gasteiger partial charge in [0, 0.05) is 12.0 Å². The van der Waals surface area contributed by atoms with Crippen molar-refractivity contribution in [3.05, 3.63) is 57.8 Å². The highest BCUT2D eigenvalue weighted by atomic mass is 16.3. The van der Waals surface area contributed by atoms with Gasteiger partial charge in [-0.3, -0.25) is 9.59 Å². The molecule has 0 unspecified atom stereocenters. The highest BCUT2D eigenvalue weighted by Crippen LogP contribution is 2.37. The summed E-state index contributed by atoms with van der Waals surface area (Å²) in [6, 6.07) is 7.73. The van der Waals surface area contributed by atoms with Crippen LogP contribution in [0.3, 0.4) is 0 Å². The summed E-state index contributed by atoms with van der Waals surface area (Å²) in [5.41, 5.74) is 0.739. The molecule has 1 fully saturated rings. The average molecular weight is 313 g/mol. The number of hydrogen-bond acceptors (Lipinski definition) is 4. The van der Waals surface area contributed by atoms with Gasteiger partial charge in [-0.15, -0.1) is 0 Å². The predicted molar refractivity (Wildman–Crippen MR) is 85.4 cm³/mol. The topological polar surface area (TPSA) is 95.1 Å². The molecule has 1 heterocycles. The molecule has 1 amide bonds. The van der Waals surface area contributed by atoms with Crippen LogP contribution in [0.5, 0.6) is 5.75 Å². The first-order chi connectivity index (χ1) is 11.1. The van der Waals surface area contributed by atoms with E-state index in [4.69, 9.17) is 0 Å². The van der Waals surface area contributed by atoms with Gasteiger partial charge in [-0.05, 0) is 37.0 Å². The Hall–Kier alpha value is -2.63. The van der Waals surface area contributed by atoms with Gasteiger partial charge in [0.2, 0.25) is 0 Å². The van der Waals surface area contributed by atoms with Crippen molar-refractivity contribution < 1.29 is 9.90 Å². The molecule has 1 aromatic carbocycles. The smallest absolute Gasteiger partial charge is 0.270 e. The lowest BCUT2D eigenvalue weighted by molar-refractivity contribution is 0.0930. The maximum atomic E-state index is 12.4. The van der Waals surface area contributed by atoms with Crippen LogP contribution >= 0.6 is 0 Å². The summed E-state index contributed by atoms with van der Waals surface area (Å²) in [6.45, 7) is 1.96. The van der Waals surface area contributed by atoms with Crippen molar-refractivity contribution in [1.82, 2.24) is 15.3 Å². The summed E-state index contributed by atoms with van der Waals surface area (Å²) in [7, 11) is 0. The van der Waals surface area contributed by atoms with E-state index in [1.165, 1.54) is 6.07 Å². The van der Waals surface area contributed by atoms with E-state index >= 15 is 0 Å². The van der Waals surface area contributed by atoms with Crippen molar-refractivity contribution in [3.63, 3.8) is 0 Å². The number of H-pyrrole nitrogens is 1. The normalized spacial score (nSPS) is 15.2. The molecule has 0 aliphatic heterocycles. The molecule has 1 aliphatic rings. The lowest BCUT2D eigenvalue weighted by atomic mass is 10.0. The van der Waals surface area contributed by atoms with Crippen LogP contribution in [0.15, 0.2) is 35.1 Å². The Morgan fingerprint density at radius 3 is 2.70 bits per heavy atom. The Labute approximate surface area is 133 Å². The standard InChI is InChI=1S/C17H19N3O3/c1-2-13(10-5-7-12(21)8-6-10)19-17(23)14-9-15(22)20-16(18-14)11-3-4-11/h5-9,11,13,21H,2-4H2,1H3,(H,19,23)(H,18,20,22)/t13-/m1/s1. The molecule has 6 nitrogen and oxygen atoms in total. The molecule has 1 saturated carbocycles. The number of nitrogens with zero attached hydrogens (tertiary/aromatic N) is 1. The number of aromatic hydroxyl groups is 1. The van der Waals surface area contributed by atoms with Gasteiger partial charge < -0.3 is 15.4 Å². The molecule has 23 heavy (non-hydrogen) atoms. The summed E-state index contributed by atoms with van der Waals surface area (Å²) >= 11 is 0. The molecule has 1 atom stereocenters. The zero-order valence-corrected chi connectivity index (χ0v) is 12.9. The van der Waals surface area contributed by atoms with Crippen LogP contribution in [0.4, 0.5) is 0 Å². The Morgan fingerprint density at radius 1 is 1.39 bits per heavy atom. The van der Waals surface area contributed by atoms with E-state index in [1.54, 1.807) is 24.3 Å². The number of benzene rings is 1. The van der Waals surface area contributed by atoms with Crippen molar-refractivity contribution in [1.29, 1.82) is 0 Å². The molecule has 1 aromatic heterocycles. The molecule has 2 aromatic rings. The van der Waals surface area contributed by atoms with Crippen LogP contribution in [0.2, 0.25) is 0 Å². The highest BCUT2D eigenvalue weighted by Gasteiger charge is 2.27. The lowest BCUT2D eigenvalue weighted by Gasteiger charge is -2.17. The fourth-order valence-electron chi connectivity index (χ4n) is 2.50. The Kier molecular flexibility index (Phi) is 4.14. The van der Waals surface area contributed by atoms with Gasteiger partial charge >= 0.3 is 0 Å². The predicted octanol–water partition coefficient (Wildman–Crippen LogP) is 2.23. The third kappa shape index (κ3) is 3.59. The van der Waals surface area contributed by atoms with E-state index in [9.17, 15) is 14.7 Å². The van der Waals surface area contributed by atoms with E-state index in [-0.39, 0.29) is 34.9 Å². The summed E-state index contributed by atoms with van der Waals surface area (Å²) in [5.74, 6) is 0.688. The maximum Gasteiger partial charge on any atom is 0.270 e. The summed E-state index contributed by atoms with van der Waals surface area (Å²) < 4.78 is 0. The number of phenolic OH excluding ortho intramolecular Hbond substituents is 1. The first kappa shape index (κ1) is 15.3. The highest BCUT2D eigenvalue weighted by molar-refractivity contribution is 5.92. The minimum absolute atomic E-state index is 0.146. The Morgan fingerprint density at radius 2 is 2.09 bits per heavy atom. The fourth-order valence-corrected chi connectivity index (χ4v) is 2.50. The van der Waals surface area contributed by atoms with Gasteiger partial charge in [-0.1, -0.05) is 19.1 Å². The van der Waals surface area contributed by atoms with Gasteiger partial charge in [0.25, 0.3) is 11.5 Å². The third-order valence-electron chi connectivity index (χ3n) is 3.97. The number of aromatic nitrogens is 2. The second-order valence-corrected chi connectivity index (χ2v) is 5.82. The van der Waals surface area contributed by atoms with Crippen molar-refractivity contribution in [3.8, 4) is 5.75 Å². The zero-order chi connectivity index (χ0) is 16.4. The van der Waals surface area contributed by atoms with Crippen molar-refractivity contribution in [2.45, 2.75) is 38.1 Å². The number of carbonyl (C=O) groups excluding carboxylic acids is 1. The molecule has 3 rings (SSSR count). The number of carbonyl (C=O) groups is 1. The number of aromatic amines is 1. The molecule has 0 bridgehead atoms. The first-order valence-corrected chi connectivity index (χ1v) is 7.78. The largest absolute Gasteiger partial charge is 0.508 e. The molecular formula is C17H19N3O3. The minimum Gasteiger partial charge on any atom is -0.508 e. The van der Waals surface area contributed by atoms with E-state index in [0.717, 1.165) is 18.4 Å². The summed E-state index contributed by atoms with van der Waals surface area (Å²) in [6.07, 6.45) is 2.69. The van der Waals surface area contributed by atoms with Gasteiger partial charge in [0.05, 0.1) is 6.04 Å². The maximum absolute atomic E-state index is 12.4. The van der Waals surface area contributed by atoms with Crippen LogP contribution in [0, 0.1) is 0 Å². The zero-order valence-electron chi connectivity index (χ0n) is 12.9. The molecule has 3 N–H and O–H groups in total. The summed E-state index contributed by atoms with van der Waals surface area (Å²) in [4.78, 5) is 31.1. The Bertz CT molecular complexity index is 763. The lowest BCUT2D eigenvalue weighted by Crippen LogP contribution is -2.30. The van der Waals surface area contributed by atoms with Gasteiger partial charge in [0.1, 0.15) is 17.3 Å². The third-order valence-corrected chi connectivity index (χ3v) is 3.97. The average Bonchev–Trinajstić information content (AvgIpc) is 3.37. The number of phenols is 1. The van der Waals surface area contributed by atoms with Gasteiger partial charge in [-0.2, -0.15) is 0 Å². The first-order valence-electron chi connectivity index (χ1n) is 7.78. The molecule has 0 saturated heterocycles. The van der Waals surface area contributed by atoms with Gasteiger partial charge in [0.15, 0.2) is 0 Å². The molecule has 0 radical (unpaired) electrons. The van der Waals surface area contributed by atoms with Crippen LogP contribution in [0.25, 0.3) is 0 Å². The minimum atomic E-state index is -0.363. The summed E-state index contributed by atoms with van der Waals surface area (Å²) in [5, 5.41) is 12.3. The Balaban J connectivity index is 1.79. The fraction of sp³-hybridized carbons (Fsp3) is 0.353. The van der Waals surface area contributed by atoms with Gasteiger partial charge in [-0.25, -0.2) is 4.98 Å². The monoisotopic (exact) mass is 313 g/mol. The number of hydrogen-bond donors (Lipinski definition) is 3. The second kappa shape index (κ2) is 6.24.